The number of rotatable bonds is 2. The fourth-order valence-electron chi connectivity index (χ4n) is 1.88. The van der Waals surface area contributed by atoms with Crippen LogP contribution in [0.5, 0.6) is 0 Å². The first-order valence-corrected chi connectivity index (χ1v) is 7.39. The third-order valence-corrected chi connectivity index (χ3v) is 4.20. The average Bonchev–Trinajstić information content (AvgIpc) is 2.38. The number of aromatic nitrogens is 1. The predicted octanol–water partition coefficient (Wildman–Crippen LogP) is 0.714. The highest BCUT2D eigenvalue weighted by Gasteiger charge is 2.23. The van der Waals surface area contributed by atoms with E-state index in [9.17, 15) is 8.42 Å². The molecule has 2 rings (SSSR count). The van der Waals surface area contributed by atoms with E-state index in [0.717, 1.165) is 5.82 Å². The second kappa shape index (κ2) is 4.92. The molecule has 0 atom stereocenters. The smallest absolute Gasteiger partial charge is 0.211 e. The lowest BCUT2D eigenvalue weighted by molar-refractivity contribution is 0.387. The fourth-order valence-corrected chi connectivity index (χ4v) is 2.71. The Bertz CT molecular complexity index is 554. The largest absolute Gasteiger partial charge is 0.354 e. The van der Waals surface area contributed by atoms with Crippen LogP contribution in [0.2, 0.25) is 0 Å². The van der Waals surface area contributed by atoms with Crippen LogP contribution in [0.15, 0.2) is 18.3 Å². The van der Waals surface area contributed by atoms with E-state index >= 15 is 0 Å². The van der Waals surface area contributed by atoms with E-state index in [4.69, 9.17) is 6.57 Å². The number of hydrogen-bond acceptors (Lipinski definition) is 4. The zero-order valence-corrected chi connectivity index (χ0v) is 10.9. The first kappa shape index (κ1) is 12.8. The number of nitrogens with zero attached hydrogens (tertiary/aromatic N) is 4. The zero-order valence-electron chi connectivity index (χ0n) is 10.1. The lowest BCUT2D eigenvalue weighted by atomic mass is 10.3. The maximum absolute atomic E-state index is 11.4. The summed E-state index contributed by atoms with van der Waals surface area (Å²) in [5.74, 6) is 0.788. The van der Waals surface area contributed by atoms with E-state index in [1.807, 2.05) is 4.90 Å². The zero-order chi connectivity index (χ0) is 13.2. The number of anilines is 1. The summed E-state index contributed by atoms with van der Waals surface area (Å²) < 4.78 is 24.2. The molecule has 1 aromatic rings. The van der Waals surface area contributed by atoms with Gasteiger partial charge in [-0.2, -0.15) is 4.31 Å². The second-order valence-corrected chi connectivity index (χ2v) is 6.12. The Morgan fingerprint density at radius 1 is 1.28 bits per heavy atom. The van der Waals surface area contributed by atoms with E-state index < -0.39 is 10.0 Å². The summed E-state index contributed by atoms with van der Waals surface area (Å²) in [6, 6.07) is 3.52. The molecule has 0 spiro atoms. The average molecular weight is 266 g/mol. The second-order valence-electron chi connectivity index (χ2n) is 4.14. The monoisotopic (exact) mass is 266 g/mol. The summed E-state index contributed by atoms with van der Waals surface area (Å²) in [5.41, 5.74) is 0.508. The summed E-state index contributed by atoms with van der Waals surface area (Å²) in [4.78, 5) is 9.51. The molecule has 0 aromatic carbocycles. The molecule has 0 amide bonds. The third kappa shape index (κ3) is 2.78. The van der Waals surface area contributed by atoms with Crippen molar-refractivity contribution >= 4 is 21.5 Å². The normalized spacial score (nSPS) is 17.4. The minimum atomic E-state index is -3.10. The van der Waals surface area contributed by atoms with Gasteiger partial charge in [0.1, 0.15) is 5.82 Å². The summed E-state index contributed by atoms with van der Waals surface area (Å²) >= 11 is 0. The van der Waals surface area contributed by atoms with Gasteiger partial charge in [0.2, 0.25) is 15.7 Å². The van der Waals surface area contributed by atoms with Gasteiger partial charge >= 0.3 is 0 Å². The van der Waals surface area contributed by atoms with Gasteiger partial charge in [0, 0.05) is 32.4 Å². The molecule has 1 aliphatic heterocycles. The van der Waals surface area contributed by atoms with Gasteiger partial charge in [-0.1, -0.05) is 6.07 Å². The highest BCUT2D eigenvalue weighted by Crippen LogP contribution is 2.18. The number of piperazine rings is 1. The van der Waals surface area contributed by atoms with Crippen molar-refractivity contribution in [3.63, 3.8) is 0 Å². The molecular weight excluding hydrogens is 252 g/mol. The molecule has 0 aliphatic carbocycles. The lowest BCUT2D eigenvalue weighted by Gasteiger charge is -2.33. The molecule has 2 heterocycles. The van der Waals surface area contributed by atoms with Gasteiger partial charge in [-0.15, -0.1) is 0 Å². The molecule has 0 unspecified atom stereocenters. The lowest BCUT2D eigenvalue weighted by Crippen LogP contribution is -2.48. The fraction of sp³-hybridized carbons (Fsp3) is 0.455. The molecule has 0 N–H and O–H groups in total. The van der Waals surface area contributed by atoms with Crippen LogP contribution in [-0.2, 0) is 10.0 Å². The van der Waals surface area contributed by atoms with E-state index in [-0.39, 0.29) is 0 Å². The van der Waals surface area contributed by atoms with Crippen LogP contribution in [0.1, 0.15) is 0 Å². The van der Waals surface area contributed by atoms with Crippen molar-refractivity contribution in [3.8, 4) is 0 Å². The van der Waals surface area contributed by atoms with Gasteiger partial charge in [-0.05, 0) is 6.07 Å². The van der Waals surface area contributed by atoms with Crippen LogP contribution in [0.3, 0.4) is 0 Å². The van der Waals surface area contributed by atoms with Crippen LogP contribution >= 0.6 is 0 Å². The number of sulfonamides is 1. The van der Waals surface area contributed by atoms with Gasteiger partial charge in [0.05, 0.1) is 12.8 Å². The van der Waals surface area contributed by atoms with Crippen molar-refractivity contribution in [2.75, 3.05) is 37.3 Å². The van der Waals surface area contributed by atoms with Crippen molar-refractivity contribution in [2.45, 2.75) is 0 Å². The standard InChI is InChI=1S/C11H14N4O2S/c1-12-10-3-4-11(13-9-10)14-5-7-15(8-6-14)18(2,16)17/h3-4,9H,5-8H2,2H3. The molecule has 0 radical (unpaired) electrons. The Morgan fingerprint density at radius 2 is 1.94 bits per heavy atom. The maximum Gasteiger partial charge on any atom is 0.211 e. The van der Waals surface area contributed by atoms with Gasteiger partial charge in [0.15, 0.2) is 0 Å². The van der Waals surface area contributed by atoms with Crippen LogP contribution in [0.4, 0.5) is 11.5 Å². The summed E-state index contributed by atoms with van der Waals surface area (Å²) in [6.07, 6.45) is 2.76. The highest BCUT2D eigenvalue weighted by atomic mass is 32.2. The van der Waals surface area contributed by atoms with Crippen molar-refractivity contribution in [1.29, 1.82) is 0 Å². The Kier molecular flexibility index (Phi) is 3.50. The van der Waals surface area contributed by atoms with E-state index in [1.165, 1.54) is 16.8 Å². The van der Waals surface area contributed by atoms with E-state index in [0.29, 0.717) is 31.9 Å². The van der Waals surface area contributed by atoms with E-state index in [1.54, 1.807) is 12.1 Å². The minimum absolute atomic E-state index is 0.477. The third-order valence-electron chi connectivity index (χ3n) is 2.89. The Balaban J connectivity index is 2.03. The molecule has 1 fully saturated rings. The van der Waals surface area contributed by atoms with Crippen molar-refractivity contribution < 1.29 is 8.42 Å². The predicted molar refractivity (Wildman–Crippen MR) is 69.1 cm³/mol. The number of hydrogen-bond donors (Lipinski definition) is 0. The molecular formula is C11H14N4O2S. The molecule has 18 heavy (non-hydrogen) atoms. The van der Waals surface area contributed by atoms with Gasteiger partial charge < -0.3 is 4.90 Å². The summed E-state index contributed by atoms with van der Waals surface area (Å²) in [6.45, 7) is 9.05. The molecule has 6 nitrogen and oxygen atoms in total. The highest BCUT2D eigenvalue weighted by molar-refractivity contribution is 7.88. The molecule has 1 saturated heterocycles. The minimum Gasteiger partial charge on any atom is -0.354 e. The number of pyridine rings is 1. The topological polar surface area (TPSA) is 57.9 Å². The molecule has 0 saturated carbocycles. The first-order valence-electron chi connectivity index (χ1n) is 5.54. The summed E-state index contributed by atoms with van der Waals surface area (Å²) in [7, 11) is -3.10. The maximum atomic E-state index is 11.4. The summed E-state index contributed by atoms with van der Waals surface area (Å²) in [5, 5.41) is 0. The molecule has 1 aromatic heterocycles. The first-order chi connectivity index (χ1) is 8.50. The molecule has 1 aliphatic rings. The van der Waals surface area contributed by atoms with Gasteiger partial charge in [-0.25, -0.2) is 13.3 Å². The molecule has 7 heteroatoms. The Morgan fingerprint density at radius 3 is 2.39 bits per heavy atom. The van der Waals surface area contributed by atoms with Crippen molar-refractivity contribution in [1.82, 2.24) is 9.29 Å². The van der Waals surface area contributed by atoms with Crippen molar-refractivity contribution in [3.05, 3.63) is 29.7 Å². The molecule has 96 valence electrons. The van der Waals surface area contributed by atoms with E-state index in [2.05, 4.69) is 9.83 Å². The van der Waals surface area contributed by atoms with Crippen LogP contribution < -0.4 is 4.90 Å². The molecule has 0 bridgehead atoms. The van der Waals surface area contributed by atoms with Crippen LogP contribution in [-0.4, -0.2) is 50.1 Å². The quantitative estimate of drug-likeness (QED) is 0.740. The SMILES string of the molecule is [C-]#[N+]c1ccc(N2CCN(S(C)(=O)=O)CC2)nc1. The van der Waals surface area contributed by atoms with Gasteiger partial charge in [0.25, 0.3) is 0 Å². The van der Waals surface area contributed by atoms with Crippen molar-refractivity contribution in [2.24, 2.45) is 0 Å². The Hall–Kier alpha value is -1.65. The van der Waals surface area contributed by atoms with Crippen LogP contribution in [0.25, 0.3) is 4.85 Å². The van der Waals surface area contributed by atoms with Gasteiger partial charge in [-0.3, -0.25) is 4.98 Å². The Labute approximate surface area is 107 Å². The van der Waals surface area contributed by atoms with Crippen LogP contribution in [0, 0.1) is 6.57 Å².